The number of nitrogens with zero attached hydrogens (tertiary/aromatic N) is 2. The highest BCUT2D eigenvalue weighted by Gasteiger charge is 2.24. The molecule has 4 nitrogen and oxygen atoms in total. The fraction of sp³-hybridized carbons (Fsp3) is 0.467. The highest BCUT2D eigenvalue weighted by Crippen LogP contribution is 2.34. The molecule has 0 radical (unpaired) electrons. The molecule has 1 heterocycles. The third kappa shape index (κ3) is 3.13. The van der Waals surface area contributed by atoms with Gasteiger partial charge in [-0.25, -0.2) is 0 Å². The highest BCUT2D eigenvalue weighted by molar-refractivity contribution is 5.42. The number of hydrogen-bond acceptors (Lipinski definition) is 4. The first kappa shape index (κ1) is 12.2. The lowest BCUT2D eigenvalue weighted by atomic mass is 9.85. The van der Waals surface area contributed by atoms with Crippen LogP contribution in [-0.4, -0.2) is 16.7 Å². The summed E-state index contributed by atoms with van der Waals surface area (Å²) in [5.74, 6) is 2.24. The van der Waals surface area contributed by atoms with Crippen LogP contribution in [-0.2, 0) is 6.42 Å². The molecule has 1 aromatic heterocycles. The van der Waals surface area contributed by atoms with E-state index in [9.17, 15) is 0 Å². The Hall–Kier alpha value is -1.84. The quantitative estimate of drug-likeness (QED) is 0.806. The summed E-state index contributed by atoms with van der Waals surface area (Å²) in [5, 5.41) is 7.45. The maximum atomic E-state index is 5.28. The minimum absolute atomic E-state index is 0.556. The van der Waals surface area contributed by atoms with Gasteiger partial charge in [-0.2, -0.15) is 4.98 Å². The van der Waals surface area contributed by atoms with Crippen molar-refractivity contribution in [1.29, 1.82) is 0 Å². The Morgan fingerprint density at radius 2 is 2.05 bits per heavy atom. The van der Waals surface area contributed by atoms with E-state index >= 15 is 0 Å². The number of para-hydroxylation sites is 1. The van der Waals surface area contributed by atoms with Gasteiger partial charge in [0.1, 0.15) is 0 Å². The van der Waals surface area contributed by atoms with E-state index in [1.54, 1.807) is 0 Å². The van der Waals surface area contributed by atoms with Crippen LogP contribution in [0.15, 0.2) is 34.9 Å². The summed E-state index contributed by atoms with van der Waals surface area (Å²) in [4.78, 5) is 4.47. The molecule has 2 aromatic rings. The molecule has 0 amide bonds. The van der Waals surface area contributed by atoms with E-state index in [1.165, 1.54) is 19.3 Å². The second-order valence-electron chi connectivity index (χ2n) is 5.07. The van der Waals surface area contributed by atoms with Gasteiger partial charge in [-0.15, -0.1) is 0 Å². The zero-order valence-electron chi connectivity index (χ0n) is 11.0. The molecule has 0 unspecified atom stereocenters. The van der Waals surface area contributed by atoms with Crippen LogP contribution in [0.4, 0.5) is 5.69 Å². The van der Waals surface area contributed by atoms with Crippen LogP contribution in [0.3, 0.4) is 0 Å². The number of hydrogen-bond donors (Lipinski definition) is 1. The smallest absolute Gasteiger partial charge is 0.226 e. The van der Waals surface area contributed by atoms with E-state index < -0.39 is 0 Å². The zero-order chi connectivity index (χ0) is 12.9. The molecule has 1 aliphatic carbocycles. The van der Waals surface area contributed by atoms with Crippen molar-refractivity contribution < 1.29 is 4.52 Å². The van der Waals surface area contributed by atoms with Crippen LogP contribution in [0.25, 0.3) is 0 Å². The Bertz CT molecular complexity index is 505. The van der Waals surface area contributed by atoms with Crippen LogP contribution in [0.5, 0.6) is 0 Å². The molecule has 1 aliphatic rings. The SMILES string of the molecule is c1ccc(NCCCc2nc(C3CCC3)no2)cc1. The molecule has 19 heavy (non-hydrogen) atoms. The first-order chi connectivity index (χ1) is 9.42. The molecule has 0 saturated heterocycles. The summed E-state index contributed by atoms with van der Waals surface area (Å²) in [5.41, 5.74) is 1.16. The first-order valence-corrected chi connectivity index (χ1v) is 7.03. The van der Waals surface area contributed by atoms with Crippen LogP contribution >= 0.6 is 0 Å². The number of rotatable bonds is 6. The summed E-state index contributed by atoms with van der Waals surface area (Å²) in [6, 6.07) is 10.2. The fourth-order valence-electron chi connectivity index (χ4n) is 2.23. The van der Waals surface area contributed by atoms with Gasteiger partial charge in [0.15, 0.2) is 5.82 Å². The molecule has 1 fully saturated rings. The Balaban J connectivity index is 1.41. The molecule has 0 aliphatic heterocycles. The largest absolute Gasteiger partial charge is 0.385 e. The van der Waals surface area contributed by atoms with E-state index in [4.69, 9.17) is 4.52 Å². The van der Waals surface area contributed by atoms with E-state index in [-0.39, 0.29) is 0 Å². The first-order valence-electron chi connectivity index (χ1n) is 7.03. The van der Waals surface area contributed by atoms with Gasteiger partial charge in [0.05, 0.1) is 0 Å². The van der Waals surface area contributed by atoms with Gasteiger partial charge in [0, 0.05) is 24.6 Å². The van der Waals surface area contributed by atoms with Gasteiger partial charge >= 0.3 is 0 Å². The van der Waals surface area contributed by atoms with Crippen LogP contribution in [0, 0.1) is 0 Å². The molecule has 3 rings (SSSR count). The zero-order valence-corrected chi connectivity index (χ0v) is 11.0. The summed E-state index contributed by atoms with van der Waals surface area (Å²) in [6.45, 7) is 0.922. The summed E-state index contributed by atoms with van der Waals surface area (Å²) < 4.78 is 5.28. The molecule has 100 valence electrons. The van der Waals surface area contributed by atoms with Gasteiger partial charge < -0.3 is 9.84 Å². The lowest BCUT2D eigenvalue weighted by Gasteiger charge is -2.20. The average molecular weight is 257 g/mol. The van der Waals surface area contributed by atoms with E-state index in [0.717, 1.165) is 36.8 Å². The second kappa shape index (κ2) is 5.87. The summed E-state index contributed by atoms with van der Waals surface area (Å²) in [6.07, 6.45) is 5.58. The molecular formula is C15H19N3O. The Morgan fingerprint density at radius 1 is 1.21 bits per heavy atom. The lowest BCUT2D eigenvalue weighted by Crippen LogP contribution is -2.10. The normalized spacial score (nSPS) is 15.2. The third-order valence-electron chi connectivity index (χ3n) is 3.62. The van der Waals surface area contributed by atoms with Gasteiger partial charge in [0.2, 0.25) is 5.89 Å². The van der Waals surface area contributed by atoms with Crippen molar-refractivity contribution in [2.75, 3.05) is 11.9 Å². The number of nitrogens with one attached hydrogen (secondary N) is 1. The fourth-order valence-corrected chi connectivity index (χ4v) is 2.23. The molecule has 1 saturated carbocycles. The van der Waals surface area contributed by atoms with Crippen molar-refractivity contribution >= 4 is 5.69 Å². The topological polar surface area (TPSA) is 51.0 Å². The standard InChI is InChI=1S/C15H19N3O/c1-2-8-13(9-3-1)16-11-5-10-14-17-15(18-19-14)12-6-4-7-12/h1-3,8-9,12,16H,4-7,10-11H2. The number of aryl methyl sites for hydroxylation is 1. The van der Waals surface area contributed by atoms with Gasteiger partial charge in [-0.05, 0) is 31.4 Å². The van der Waals surface area contributed by atoms with Gasteiger partial charge in [0.25, 0.3) is 0 Å². The predicted molar refractivity (Wildman–Crippen MR) is 74.1 cm³/mol. The monoisotopic (exact) mass is 257 g/mol. The highest BCUT2D eigenvalue weighted by atomic mass is 16.5. The Morgan fingerprint density at radius 3 is 2.79 bits per heavy atom. The van der Waals surface area contributed by atoms with Gasteiger partial charge in [-0.1, -0.05) is 29.8 Å². The number of anilines is 1. The van der Waals surface area contributed by atoms with Crippen LogP contribution < -0.4 is 5.32 Å². The minimum atomic E-state index is 0.556. The molecular weight excluding hydrogens is 238 g/mol. The van der Waals surface area contributed by atoms with E-state index in [2.05, 4.69) is 27.6 Å². The molecule has 4 heteroatoms. The molecule has 1 N–H and O–H groups in total. The molecule has 0 atom stereocenters. The van der Waals surface area contributed by atoms with Crippen molar-refractivity contribution in [3.63, 3.8) is 0 Å². The van der Waals surface area contributed by atoms with Crippen LogP contribution in [0.1, 0.15) is 43.3 Å². The predicted octanol–water partition coefficient (Wildman–Crippen LogP) is 3.38. The van der Waals surface area contributed by atoms with Crippen molar-refractivity contribution in [2.45, 2.75) is 38.0 Å². The van der Waals surface area contributed by atoms with Crippen molar-refractivity contribution in [3.05, 3.63) is 42.0 Å². The average Bonchev–Trinajstić information content (AvgIpc) is 2.82. The maximum Gasteiger partial charge on any atom is 0.226 e. The van der Waals surface area contributed by atoms with Crippen molar-refractivity contribution in [3.8, 4) is 0 Å². The van der Waals surface area contributed by atoms with Crippen LogP contribution in [0.2, 0.25) is 0 Å². The second-order valence-corrected chi connectivity index (χ2v) is 5.07. The maximum absolute atomic E-state index is 5.28. The molecule has 1 aromatic carbocycles. The van der Waals surface area contributed by atoms with E-state index in [1.807, 2.05) is 18.2 Å². The summed E-state index contributed by atoms with van der Waals surface area (Å²) in [7, 11) is 0. The number of benzene rings is 1. The molecule has 0 bridgehead atoms. The number of aromatic nitrogens is 2. The third-order valence-corrected chi connectivity index (χ3v) is 3.62. The lowest BCUT2D eigenvalue weighted by molar-refractivity contribution is 0.346. The van der Waals surface area contributed by atoms with Crippen molar-refractivity contribution in [1.82, 2.24) is 10.1 Å². The Kier molecular flexibility index (Phi) is 3.77. The minimum Gasteiger partial charge on any atom is -0.385 e. The van der Waals surface area contributed by atoms with Gasteiger partial charge in [-0.3, -0.25) is 0 Å². The van der Waals surface area contributed by atoms with E-state index in [0.29, 0.717) is 5.92 Å². The molecule has 0 spiro atoms. The van der Waals surface area contributed by atoms with Crippen molar-refractivity contribution in [2.24, 2.45) is 0 Å². The summed E-state index contributed by atoms with van der Waals surface area (Å²) >= 11 is 0. The Labute approximate surface area is 113 Å².